The van der Waals surface area contributed by atoms with Crippen LogP contribution in [0.2, 0.25) is 0 Å². The minimum Gasteiger partial charge on any atom is -0.444 e. The number of nitrogens with zero attached hydrogens (tertiary/aromatic N) is 3. The van der Waals surface area contributed by atoms with Crippen LogP contribution in [0.1, 0.15) is 65.4 Å². The van der Waals surface area contributed by atoms with Gasteiger partial charge in [0.05, 0.1) is 12.6 Å². The Balaban J connectivity index is 1.88. The highest BCUT2D eigenvalue weighted by Gasteiger charge is 2.65. The van der Waals surface area contributed by atoms with E-state index in [-0.39, 0.29) is 43.5 Å². The Morgan fingerprint density at radius 2 is 1.60 bits per heavy atom. The molecule has 2 heterocycles. The van der Waals surface area contributed by atoms with E-state index in [1.165, 1.54) is 38.6 Å². The van der Waals surface area contributed by atoms with Gasteiger partial charge in [-0.2, -0.15) is 0 Å². The molecule has 2 fully saturated rings. The van der Waals surface area contributed by atoms with Gasteiger partial charge in [0, 0.05) is 56.1 Å². The quantitative estimate of drug-likeness (QED) is 0.282. The van der Waals surface area contributed by atoms with E-state index in [0.29, 0.717) is 12.1 Å². The minimum absolute atomic E-state index is 0.0545. The van der Waals surface area contributed by atoms with Crippen molar-refractivity contribution in [2.24, 2.45) is 0 Å². The first-order valence-corrected chi connectivity index (χ1v) is 17.1. The van der Waals surface area contributed by atoms with Crippen molar-refractivity contribution in [3.8, 4) is 0 Å². The third kappa shape index (κ3) is 8.33. The molecule has 1 N–H and O–H groups in total. The van der Waals surface area contributed by atoms with E-state index in [1.54, 1.807) is 20.8 Å². The first-order valence-electron chi connectivity index (χ1n) is 15.1. The lowest BCUT2D eigenvalue weighted by Gasteiger charge is -2.44. The lowest BCUT2D eigenvalue weighted by molar-refractivity contribution is -0.133. The molecule has 3 amide bonds. The maximum atomic E-state index is 14.8. The Morgan fingerprint density at radius 3 is 2.10 bits per heavy atom. The summed E-state index contributed by atoms with van der Waals surface area (Å²) in [6, 6.07) is 2.21. The zero-order valence-electron chi connectivity index (χ0n) is 27.0. The van der Waals surface area contributed by atoms with Gasteiger partial charge in [-0.15, -0.1) is 0 Å². The van der Waals surface area contributed by atoms with Gasteiger partial charge in [0.15, 0.2) is 5.54 Å². The Bertz CT molecular complexity index is 1520. The molecule has 1 aliphatic heterocycles. The van der Waals surface area contributed by atoms with Gasteiger partial charge >= 0.3 is 16.3 Å². The monoisotopic (exact) mass is 712 g/mol. The fourth-order valence-electron chi connectivity index (χ4n) is 5.85. The topological polar surface area (TPSA) is 101 Å². The van der Waals surface area contributed by atoms with Crippen LogP contribution in [0.25, 0.3) is 0 Å². The lowest BCUT2D eigenvalue weighted by atomic mass is 9.86. The van der Waals surface area contributed by atoms with Crippen LogP contribution in [0, 0.1) is 0 Å². The predicted octanol–water partition coefficient (Wildman–Crippen LogP) is 7.71. The molecule has 1 saturated heterocycles. The fourth-order valence-corrected chi connectivity index (χ4v) is 6.51. The highest BCUT2D eigenvalue weighted by molar-refractivity contribution is 8.45. The number of rotatable bonds is 8. The summed E-state index contributed by atoms with van der Waals surface area (Å²) in [5.41, 5.74) is -3.49. The number of pyridine rings is 1. The highest BCUT2D eigenvalue weighted by atomic mass is 32.5. The van der Waals surface area contributed by atoms with Crippen molar-refractivity contribution < 1.29 is 52.1 Å². The number of hydrogen-bond donors (Lipinski definition) is 1. The number of halogens is 7. The number of amides is 3. The van der Waals surface area contributed by atoms with Crippen molar-refractivity contribution in [1.29, 1.82) is 0 Å². The molecule has 1 aromatic heterocycles. The number of carbonyl (C=O) groups is 3. The summed E-state index contributed by atoms with van der Waals surface area (Å²) in [5, 5.41) is 2.71. The molecule has 17 heteroatoms. The van der Waals surface area contributed by atoms with E-state index in [4.69, 9.17) is 9.47 Å². The maximum absolute atomic E-state index is 14.8. The number of likely N-dealkylation sites (tertiary alicyclic amines) is 1. The molecule has 0 radical (unpaired) electrons. The van der Waals surface area contributed by atoms with Crippen LogP contribution >= 0.6 is 10.2 Å². The first-order chi connectivity index (χ1) is 21.8. The van der Waals surface area contributed by atoms with Gasteiger partial charge < -0.3 is 14.8 Å². The minimum atomic E-state index is -10.1. The number of ether oxygens (including phenoxy) is 2. The normalized spacial score (nSPS) is 23.0. The van der Waals surface area contributed by atoms with Crippen LogP contribution < -0.4 is 10.2 Å². The Labute approximate surface area is 273 Å². The van der Waals surface area contributed by atoms with E-state index in [1.807, 2.05) is 0 Å². The van der Waals surface area contributed by atoms with Crippen molar-refractivity contribution in [3.63, 3.8) is 0 Å². The van der Waals surface area contributed by atoms with E-state index in [2.05, 4.69) is 10.3 Å². The molecule has 1 saturated carbocycles. The molecule has 2 aromatic rings. The van der Waals surface area contributed by atoms with Crippen molar-refractivity contribution in [1.82, 2.24) is 15.2 Å². The van der Waals surface area contributed by atoms with Crippen molar-refractivity contribution in [3.05, 3.63) is 54.4 Å². The summed E-state index contributed by atoms with van der Waals surface area (Å²) in [7, 11) is -8.80. The summed E-state index contributed by atoms with van der Waals surface area (Å²) in [4.78, 5) is 46.1. The molecule has 2 aliphatic rings. The zero-order chi connectivity index (χ0) is 36.0. The molecule has 0 bridgehead atoms. The van der Waals surface area contributed by atoms with Crippen LogP contribution in [0.5, 0.6) is 0 Å². The number of nitrogens with one attached hydrogen (secondary N) is 1. The second kappa shape index (κ2) is 12.1. The number of aromatic nitrogens is 1. The van der Waals surface area contributed by atoms with E-state index < -0.39 is 86.8 Å². The smallest absolute Gasteiger partial charge is 0.411 e. The van der Waals surface area contributed by atoms with Gasteiger partial charge in [-0.25, -0.2) is 13.6 Å². The molecule has 268 valence electrons. The standard InChI is InChI=1S/C31H39F7N4O5S/c1-29(2,3)47-28(45)41-19-23(46-5)17-25(41)26(43)42(22-8-10-24(11-9-22)48(34,35,36,37)38)30(4,20-7-6-16-39-18-20)27(44)40-21-12-14-31(32,33)15-13-21/h6-11,16,18,21,23,25H,12-15,17,19H2,1-5H3,(H,40,44)/t23-,25-,30?/m1/s1. The number of benzene rings is 1. The Morgan fingerprint density at radius 1 is 1.00 bits per heavy atom. The van der Waals surface area contributed by atoms with Crippen molar-refractivity contribution in [2.45, 2.75) is 99.9 Å². The molecule has 1 unspecified atom stereocenters. The number of carbonyl (C=O) groups excluding carboxylic acids is 3. The van der Waals surface area contributed by atoms with E-state index >= 15 is 0 Å². The van der Waals surface area contributed by atoms with E-state index in [0.717, 1.165) is 9.80 Å². The largest absolute Gasteiger partial charge is 0.444 e. The van der Waals surface area contributed by atoms with Crippen LogP contribution in [-0.4, -0.2) is 71.2 Å². The average Bonchev–Trinajstić information content (AvgIpc) is 3.42. The van der Waals surface area contributed by atoms with Gasteiger partial charge in [0.25, 0.3) is 11.8 Å². The zero-order valence-corrected chi connectivity index (χ0v) is 27.8. The second-order valence-electron chi connectivity index (χ2n) is 13.3. The third-order valence-electron chi connectivity index (χ3n) is 8.44. The summed E-state index contributed by atoms with van der Waals surface area (Å²) in [5.74, 6) is -4.80. The molecule has 3 atom stereocenters. The molecule has 9 nitrogen and oxygen atoms in total. The highest BCUT2D eigenvalue weighted by Crippen LogP contribution is 3.02. The van der Waals surface area contributed by atoms with Gasteiger partial charge in [-0.05, 0) is 70.9 Å². The summed E-state index contributed by atoms with van der Waals surface area (Å²) in [6.07, 6.45) is -0.328. The predicted molar refractivity (Wildman–Crippen MR) is 164 cm³/mol. The average molecular weight is 713 g/mol. The molecule has 0 spiro atoms. The Kier molecular flexibility index (Phi) is 9.36. The second-order valence-corrected chi connectivity index (χ2v) is 15.7. The van der Waals surface area contributed by atoms with Crippen LogP contribution in [-0.2, 0) is 24.6 Å². The van der Waals surface area contributed by atoms with Gasteiger partial charge in [-0.1, -0.05) is 25.5 Å². The fraction of sp³-hybridized carbons (Fsp3) is 0.548. The molecular weight excluding hydrogens is 673 g/mol. The summed E-state index contributed by atoms with van der Waals surface area (Å²) >= 11 is 0. The molecule has 48 heavy (non-hydrogen) atoms. The van der Waals surface area contributed by atoms with Crippen LogP contribution in [0.3, 0.4) is 0 Å². The van der Waals surface area contributed by atoms with Gasteiger partial charge in [0.1, 0.15) is 16.5 Å². The molecule has 1 aromatic carbocycles. The molecule has 4 rings (SSSR count). The number of alkyl halides is 2. The van der Waals surface area contributed by atoms with E-state index in [9.17, 15) is 42.6 Å². The van der Waals surface area contributed by atoms with Crippen LogP contribution in [0.15, 0.2) is 53.7 Å². The number of methoxy groups -OCH3 is 1. The SMILES string of the molecule is CO[C@@H]1C[C@H](C(=O)N(c2ccc(S(F)(F)(F)(F)F)cc2)C(C)(C(=O)NC2CCC(F)(F)CC2)c2cccnc2)N(C(=O)OC(C)(C)C)C1. The van der Waals surface area contributed by atoms with Gasteiger partial charge in [-0.3, -0.25) is 24.4 Å². The third-order valence-corrected chi connectivity index (χ3v) is 9.60. The molecule has 1 aliphatic carbocycles. The first kappa shape index (κ1) is 37.2. The van der Waals surface area contributed by atoms with Gasteiger partial charge in [0.2, 0.25) is 5.92 Å². The molecular formula is C31H39F7N4O5S. The summed E-state index contributed by atoms with van der Waals surface area (Å²) < 4.78 is 107. The lowest BCUT2D eigenvalue weighted by Crippen LogP contribution is -2.62. The summed E-state index contributed by atoms with van der Waals surface area (Å²) in [6.45, 7) is 5.95. The number of hydrogen-bond acceptors (Lipinski definition) is 6. The van der Waals surface area contributed by atoms with Crippen LogP contribution in [0.4, 0.5) is 38.7 Å². The maximum Gasteiger partial charge on any atom is 0.411 e. The number of anilines is 1. The van der Waals surface area contributed by atoms with Crippen molar-refractivity contribution >= 4 is 33.8 Å². The van der Waals surface area contributed by atoms with Crippen molar-refractivity contribution in [2.75, 3.05) is 18.6 Å². The Hall–Kier alpha value is -3.60.